The minimum atomic E-state index is -1.90. The number of aliphatic hydroxyl groups excluding tert-OH is 2. The first-order valence-electron chi connectivity index (χ1n) is 35.3. The van der Waals surface area contributed by atoms with Crippen LogP contribution < -0.4 is 0 Å². The number of esters is 3. The third kappa shape index (κ3) is 48.9. The molecule has 0 saturated carbocycles. The van der Waals surface area contributed by atoms with Crippen LogP contribution in [0.3, 0.4) is 0 Å². The van der Waals surface area contributed by atoms with Gasteiger partial charge in [-0.2, -0.15) is 0 Å². The standard InChI is InChI=1S/C71H130O12/c1-4-7-10-13-16-19-22-25-28-31-32-35-38-41-44-47-50-53-56-59-65(74)82-69-67(76)66(75)68(70(77)78)83-71(69)80-61-62(81-64(73)58-55-52-49-46-43-40-37-34-30-27-24-21-18-15-12-9-6-3)60-79-63(72)57-54-51-48-45-42-39-36-33-29-26-23-20-17-14-11-8-5-2/h26-27,29-30,62,66-69,71,75-76H,4-25,28,31-61H2,1-3H3,(H,77,78)/b29-26-,30-27-. The number of hydrogen-bond donors (Lipinski definition) is 3. The topological polar surface area (TPSA) is 175 Å². The Bertz CT molecular complexity index is 1530. The second kappa shape index (κ2) is 59.5. The van der Waals surface area contributed by atoms with E-state index in [-0.39, 0.29) is 25.9 Å². The monoisotopic (exact) mass is 1170 g/mol. The molecule has 83 heavy (non-hydrogen) atoms. The van der Waals surface area contributed by atoms with Gasteiger partial charge in [0.25, 0.3) is 0 Å². The van der Waals surface area contributed by atoms with Gasteiger partial charge in [-0.1, -0.05) is 289 Å². The molecule has 0 radical (unpaired) electrons. The summed E-state index contributed by atoms with van der Waals surface area (Å²) in [5.74, 6) is -3.08. The normalized spacial score (nSPS) is 17.6. The highest BCUT2D eigenvalue weighted by atomic mass is 16.7. The average molecular weight is 1180 g/mol. The van der Waals surface area contributed by atoms with Gasteiger partial charge in [0, 0.05) is 19.3 Å². The van der Waals surface area contributed by atoms with Gasteiger partial charge in [0.2, 0.25) is 0 Å². The number of hydrogen-bond acceptors (Lipinski definition) is 11. The Morgan fingerprint density at radius 2 is 0.687 bits per heavy atom. The number of carboxylic acids is 1. The van der Waals surface area contributed by atoms with Gasteiger partial charge in [-0.25, -0.2) is 4.79 Å². The lowest BCUT2D eigenvalue weighted by Crippen LogP contribution is -2.61. The van der Waals surface area contributed by atoms with Crippen LogP contribution in [0, 0.1) is 0 Å². The Morgan fingerprint density at radius 3 is 1.02 bits per heavy atom. The number of rotatable bonds is 62. The van der Waals surface area contributed by atoms with Crippen molar-refractivity contribution in [2.45, 2.75) is 391 Å². The lowest BCUT2D eigenvalue weighted by Gasteiger charge is -2.40. The predicted molar refractivity (Wildman–Crippen MR) is 340 cm³/mol. The molecule has 6 atom stereocenters. The third-order valence-corrected chi connectivity index (χ3v) is 16.5. The third-order valence-electron chi connectivity index (χ3n) is 16.5. The highest BCUT2D eigenvalue weighted by Gasteiger charge is 2.50. The van der Waals surface area contributed by atoms with Crippen molar-refractivity contribution in [3.05, 3.63) is 24.3 Å². The van der Waals surface area contributed by atoms with Crippen LogP contribution in [-0.2, 0) is 42.9 Å². The molecule has 0 bridgehead atoms. The van der Waals surface area contributed by atoms with E-state index in [1.54, 1.807) is 0 Å². The summed E-state index contributed by atoms with van der Waals surface area (Å²) in [6.07, 6.45) is 58.4. The Hall–Kier alpha value is -2.80. The number of unbranched alkanes of at least 4 members (excludes halogenated alkanes) is 44. The fraction of sp³-hybridized carbons (Fsp3) is 0.887. The van der Waals surface area contributed by atoms with E-state index in [0.29, 0.717) is 19.3 Å². The van der Waals surface area contributed by atoms with Gasteiger partial charge in [0.15, 0.2) is 24.6 Å². The first-order chi connectivity index (χ1) is 40.6. The molecule has 1 fully saturated rings. The molecule has 0 aliphatic carbocycles. The van der Waals surface area contributed by atoms with E-state index in [2.05, 4.69) is 45.1 Å². The van der Waals surface area contributed by atoms with Gasteiger partial charge in [-0.05, 0) is 70.6 Å². The van der Waals surface area contributed by atoms with Gasteiger partial charge >= 0.3 is 23.9 Å². The van der Waals surface area contributed by atoms with Crippen molar-refractivity contribution in [2.24, 2.45) is 0 Å². The number of carbonyl (C=O) groups excluding carboxylic acids is 3. The van der Waals surface area contributed by atoms with Crippen LogP contribution in [-0.4, -0.2) is 89.2 Å². The molecule has 1 rings (SSSR count). The summed E-state index contributed by atoms with van der Waals surface area (Å²) in [7, 11) is 0. The van der Waals surface area contributed by atoms with E-state index in [0.717, 1.165) is 77.0 Å². The van der Waals surface area contributed by atoms with Crippen LogP contribution in [0.15, 0.2) is 24.3 Å². The quantitative estimate of drug-likeness (QED) is 0.0228. The van der Waals surface area contributed by atoms with E-state index in [1.165, 1.54) is 218 Å². The Balaban J connectivity index is 2.61. The van der Waals surface area contributed by atoms with E-state index < -0.39 is 67.3 Å². The minimum Gasteiger partial charge on any atom is -0.479 e. The lowest BCUT2D eigenvalue weighted by molar-refractivity contribution is -0.301. The molecule has 1 saturated heterocycles. The maximum Gasteiger partial charge on any atom is 0.335 e. The van der Waals surface area contributed by atoms with E-state index in [9.17, 15) is 34.5 Å². The van der Waals surface area contributed by atoms with Crippen LogP contribution in [0.2, 0.25) is 0 Å². The molecule has 12 nitrogen and oxygen atoms in total. The zero-order valence-electron chi connectivity index (χ0n) is 54.0. The van der Waals surface area contributed by atoms with Crippen molar-refractivity contribution in [2.75, 3.05) is 13.2 Å². The summed E-state index contributed by atoms with van der Waals surface area (Å²) in [5, 5.41) is 31.7. The molecule has 1 aliphatic heterocycles. The van der Waals surface area contributed by atoms with Gasteiger partial charge < -0.3 is 39.0 Å². The SMILES string of the molecule is CCCCCCCC/C=C\CCCCCCCCCC(=O)OCC(COC1OC(C(=O)O)C(O)C(O)C1OC(=O)CCCCCCCCCCCCCCCCCCCCC)OC(=O)CCCCCCCCC/C=C\CCCCCCCC. The number of aliphatic hydroxyl groups is 2. The molecule has 1 heterocycles. The molecular formula is C71H130O12. The van der Waals surface area contributed by atoms with E-state index in [1.807, 2.05) is 0 Å². The summed E-state index contributed by atoms with van der Waals surface area (Å²) in [6.45, 7) is 6.06. The number of aliphatic carboxylic acids is 1. The maximum atomic E-state index is 13.2. The summed E-state index contributed by atoms with van der Waals surface area (Å²) in [5.41, 5.74) is 0. The maximum absolute atomic E-state index is 13.2. The number of allylic oxidation sites excluding steroid dienone is 4. The van der Waals surface area contributed by atoms with E-state index in [4.69, 9.17) is 23.7 Å². The number of ether oxygens (including phenoxy) is 5. The fourth-order valence-corrected chi connectivity index (χ4v) is 11.1. The van der Waals surface area contributed by atoms with Crippen molar-refractivity contribution < 1.29 is 58.2 Å². The summed E-state index contributed by atoms with van der Waals surface area (Å²) in [4.78, 5) is 51.5. The van der Waals surface area contributed by atoms with Crippen LogP contribution >= 0.6 is 0 Å². The van der Waals surface area contributed by atoms with Crippen molar-refractivity contribution in [3.63, 3.8) is 0 Å². The van der Waals surface area contributed by atoms with Gasteiger partial charge in [0.05, 0.1) is 6.61 Å². The zero-order valence-corrected chi connectivity index (χ0v) is 54.0. The molecule has 0 amide bonds. The molecule has 3 N–H and O–H groups in total. The van der Waals surface area contributed by atoms with Crippen molar-refractivity contribution in [1.29, 1.82) is 0 Å². The first-order valence-corrected chi connectivity index (χ1v) is 35.3. The van der Waals surface area contributed by atoms with Gasteiger partial charge in [-0.3, -0.25) is 14.4 Å². The summed E-state index contributed by atoms with van der Waals surface area (Å²) in [6, 6.07) is 0. The summed E-state index contributed by atoms with van der Waals surface area (Å²) < 4.78 is 28.6. The van der Waals surface area contributed by atoms with Crippen LogP contribution in [0.5, 0.6) is 0 Å². The molecule has 1 aliphatic rings. The highest BCUT2D eigenvalue weighted by Crippen LogP contribution is 2.27. The molecule has 12 heteroatoms. The lowest BCUT2D eigenvalue weighted by atomic mass is 9.98. The fourth-order valence-electron chi connectivity index (χ4n) is 11.1. The second-order valence-corrected chi connectivity index (χ2v) is 24.5. The van der Waals surface area contributed by atoms with Gasteiger partial charge in [0.1, 0.15) is 18.8 Å². The first kappa shape index (κ1) is 78.2. The molecule has 0 aromatic heterocycles. The molecule has 6 unspecified atom stereocenters. The van der Waals surface area contributed by atoms with E-state index >= 15 is 0 Å². The molecule has 0 aromatic carbocycles. The Labute approximate surface area is 508 Å². The molecule has 486 valence electrons. The van der Waals surface area contributed by atoms with Crippen LogP contribution in [0.4, 0.5) is 0 Å². The minimum absolute atomic E-state index is 0.0672. The van der Waals surface area contributed by atoms with Crippen molar-refractivity contribution in [3.8, 4) is 0 Å². The Morgan fingerprint density at radius 1 is 0.386 bits per heavy atom. The molecular weight excluding hydrogens is 1040 g/mol. The van der Waals surface area contributed by atoms with Crippen LogP contribution in [0.25, 0.3) is 0 Å². The highest BCUT2D eigenvalue weighted by molar-refractivity contribution is 5.74. The largest absolute Gasteiger partial charge is 0.479 e. The molecule has 0 spiro atoms. The van der Waals surface area contributed by atoms with Crippen molar-refractivity contribution >= 4 is 23.9 Å². The van der Waals surface area contributed by atoms with Crippen molar-refractivity contribution in [1.82, 2.24) is 0 Å². The predicted octanol–water partition coefficient (Wildman–Crippen LogP) is 19.4. The van der Waals surface area contributed by atoms with Crippen LogP contribution in [0.1, 0.15) is 355 Å². The number of carbonyl (C=O) groups is 4. The summed E-state index contributed by atoms with van der Waals surface area (Å²) >= 11 is 0. The second-order valence-electron chi connectivity index (χ2n) is 24.5. The Kier molecular flexibility index (Phi) is 56.1. The average Bonchev–Trinajstić information content (AvgIpc) is 3.58. The zero-order chi connectivity index (χ0) is 60.3. The smallest absolute Gasteiger partial charge is 0.335 e. The number of carboxylic acid groups (broad SMARTS) is 1. The van der Waals surface area contributed by atoms with Gasteiger partial charge in [-0.15, -0.1) is 0 Å². The molecule has 0 aromatic rings.